The number of hydrogen-bond donors (Lipinski definition) is 0. The first-order chi connectivity index (χ1) is 6.81. The third-order valence-electron chi connectivity index (χ3n) is 1.71. The lowest BCUT2D eigenvalue weighted by Gasteiger charge is -2.07. The van der Waals surface area contributed by atoms with E-state index in [4.69, 9.17) is 9.47 Å². The summed E-state index contributed by atoms with van der Waals surface area (Å²) in [5, 5.41) is 3.65. The van der Waals surface area contributed by atoms with E-state index in [0.29, 0.717) is 11.5 Å². The molecular formula is C10H13NO3. The minimum absolute atomic E-state index is 0.674. The van der Waals surface area contributed by atoms with E-state index >= 15 is 0 Å². The summed E-state index contributed by atoms with van der Waals surface area (Å²) >= 11 is 0. The smallest absolute Gasteiger partial charge is 0.161 e. The summed E-state index contributed by atoms with van der Waals surface area (Å²) in [5.74, 6) is 1.37. The van der Waals surface area contributed by atoms with Crippen molar-refractivity contribution >= 4 is 6.21 Å². The van der Waals surface area contributed by atoms with E-state index in [-0.39, 0.29) is 0 Å². The zero-order chi connectivity index (χ0) is 10.4. The number of benzene rings is 1. The lowest BCUT2D eigenvalue weighted by Crippen LogP contribution is -1.92. The highest BCUT2D eigenvalue weighted by Gasteiger charge is 2.02. The zero-order valence-corrected chi connectivity index (χ0v) is 8.48. The maximum absolute atomic E-state index is 5.13. The molecule has 0 saturated heterocycles. The molecule has 0 heterocycles. The normalized spacial score (nSPS) is 10.2. The molecule has 14 heavy (non-hydrogen) atoms. The first-order valence-electron chi connectivity index (χ1n) is 4.10. The zero-order valence-electron chi connectivity index (χ0n) is 8.48. The third kappa shape index (κ3) is 2.39. The average molecular weight is 195 g/mol. The molecule has 0 amide bonds. The van der Waals surface area contributed by atoms with Crippen molar-refractivity contribution in [1.82, 2.24) is 0 Å². The summed E-state index contributed by atoms with van der Waals surface area (Å²) in [6.45, 7) is 0. The van der Waals surface area contributed by atoms with Crippen LogP contribution in [0.3, 0.4) is 0 Å². The molecule has 0 radical (unpaired) electrons. The van der Waals surface area contributed by atoms with Crippen molar-refractivity contribution in [2.75, 3.05) is 21.3 Å². The summed E-state index contributed by atoms with van der Waals surface area (Å²) in [6.07, 6.45) is 1.60. The van der Waals surface area contributed by atoms with Gasteiger partial charge in [-0.1, -0.05) is 5.16 Å². The maximum atomic E-state index is 5.13. The van der Waals surface area contributed by atoms with Crippen LogP contribution in [0.2, 0.25) is 0 Å². The Labute approximate surface area is 83.1 Å². The van der Waals surface area contributed by atoms with Crippen molar-refractivity contribution < 1.29 is 14.3 Å². The molecule has 0 bridgehead atoms. The number of hydrogen-bond acceptors (Lipinski definition) is 4. The van der Waals surface area contributed by atoms with Crippen molar-refractivity contribution in [3.05, 3.63) is 23.8 Å². The van der Waals surface area contributed by atoms with Crippen LogP contribution in [0.4, 0.5) is 0 Å². The van der Waals surface area contributed by atoms with Crippen molar-refractivity contribution in [2.45, 2.75) is 0 Å². The van der Waals surface area contributed by atoms with E-state index < -0.39 is 0 Å². The van der Waals surface area contributed by atoms with Gasteiger partial charge in [0, 0.05) is 5.56 Å². The fraction of sp³-hybridized carbons (Fsp3) is 0.300. The van der Waals surface area contributed by atoms with Crippen LogP contribution in [0.1, 0.15) is 5.56 Å². The number of oxime groups is 1. The fourth-order valence-corrected chi connectivity index (χ4v) is 1.05. The van der Waals surface area contributed by atoms with E-state index in [0.717, 1.165) is 5.56 Å². The molecule has 76 valence electrons. The Morgan fingerprint density at radius 1 is 1.07 bits per heavy atom. The van der Waals surface area contributed by atoms with Gasteiger partial charge in [0.25, 0.3) is 0 Å². The second-order valence-corrected chi connectivity index (χ2v) is 2.53. The number of nitrogens with zero attached hydrogens (tertiary/aromatic N) is 1. The van der Waals surface area contributed by atoms with Gasteiger partial charge in [0.2, 0.25) is 0 Å². The van der Waals surface area contributed by atoms with Gasteiger partial charge in [-0.15, -0.1) is 0 Å². The lowest BCUT2D eigenvalue weighted by atomic mass is 10.2. The number of methoxy groups -OCH3 is 2. The molecule has 0 unspecified atom stereocenters. The highest BCUT2D eigenvalue weighted by molar-refractivity contribution is 5.80. The molecule has 0 N–H and O–H groups in total. The van der Waals surface area contributed by atoms with E-state index in [9.17, 15) is 0 Å². The summed E-state index contributed by atoms with van der Waals surface area (Å²) in [5.41, 5.74) is 0.893. The largest absolute Gasteiger partial charge is 0.493 e. The Balaban J connectivity index is 2.95. The molecule has 0 atom stereocenters. The minimum atomic E-state index is 0.674. The van der Waals surface area contributed by atoms with Gasteiger partial charge in [-0.25, -0.2) is 0 Å². The molecule has 4 heteroatoms. The van der Waals surface area contributed by atoms with Gasteiger partial charge in [0.05, 0.1) is 20.4 Å². The summed E-state index contributed by atoms with van der Waals surface area (Å²) < 4.78 is 10.2. The van der Waals surface area contributed by atoms with Gasteiger partial charge in [-0.05, 0) is 18.2 Å². The molecule has 0 aliphatic rings. The van der Waals surface area contributed by atoms with Crippen LogP contribution in [-0.4, -0.2) is 27.5 Å². The molecule has 1 aromatic rings. The van der Waals surface area contributed by atoms with E-state index in [2.05, 4.69) is 9.99 Å². The van der Waals surface area contributed by atoms with Crippen LogP contribution in [0.25, 0.3) is 0 Å². The van der Waals surface area contributed by atoms with E-state index in [1.807, 2.05) is 18.2 Å². The minimum Gasteiger partial charge on any atom is -0.493 e. The van der Waals surface area contributed by atoms with Gasteiger partial charge < -0.3 is 14.3 Å². The first-order valence-corrected chi connectivity index (χ1v) is 4.10. The van der Waals surface area contributed by atoms with Crippen molar-refractivity contribution in [2.24, 2.45) is 5.16 Å². The Morgan fingerprint density at radius 3 is 2.36 bits per heavy atom. The molecule has 0 aliphatic carbocycles. The summed E-state index contributed by atoms with van der Waals surface area (Å²) in [4.78, 5) is 4.57. The second kappa shape index (κ2) is 5.11. The monoisotopic (exact) mass is 195 g/mol. The maximum Gasteiger partial charge on any atom is 0.161 e. The van der Waals surface area contributed by atoms with Crippen LogP contribution >= 0.6 is 0 Å². The van der Waals surface area contributed by atoms with Gasteiger partial charge in [0.1, 0.15) is 7.11 Å². The summed E-state index contributed by atoms with van der Waals surface area (Å²) in [7, 11) is 4.69. The molecule has 0 saturated carbocycles. The van der Waals surface area contributed by atoms with E-state index in [1.165, 1.54) is 7.11 Å². The molecule has 1 aromatic carbocycles. The van der Waals surface area contributed by atoms with Crippen LogP contribution in [0, 0.1) is 0 Å². The Hall–Kier alpha value is -1.71. The Morgan fingerprint density at radius 2 is 1.79 bits per heavy atom. The predicted molar refractivity (Wildman–Crippen MR) is 54.1 cm³/mol. The van der Waals surface area contributed by atoms with Crippen LogP contribution in [0.15, 0.2) is 23.4 Å². The first kappa shape index (κ1) is 10.4. The average Bonchev–Trinajstić information content (AvgIpc) is 2.25. The highest BCUT2D eigenvalue weighted by Crippen LogP contribution is 2.26. The molecule has 0 aromatic heterocycles. The molecule has 0 fully saturated rings. The predicted octanol–water partition coefficient (Wildman–Crippen LogP) is 1.68. The van der Waals surface area contributed by atoms with Gasteiger partial charge in [-0.2, -0.15) is 0 Å². The molecular weight excluding hydrogens is 182 g/mol. The van der Waals surface area contributed by atoms with Crippen molar-refractivity contribution in [3.8, 4) is 11.5 Å². The SMILES string of the molecule is CON=Cc1ccc(OC)c(OC)c1. The number of ether oxygens (including phenoxy) is 2. The van der Waals surface area contributed by atoms with E-state index in [1.54, 1.807) is 20.4 Å². The standard InChI is InChI=1S/C10H13NO3/c1-12-9-5-4-8(7-11-14-3)6-10(9)13-2/h4-7H,1-3H3. The van der Waals surface area contributed by atoms with Crippen molar-refractivity contribution in [3.63, 3.8) is 0 Å². The van der Waals surface area contributed by atoms with Gasteiger partial charge in [-0.3, -0.25) is 0 Å². The van der Waals surface area contributed by atoms with Crippen LogP contribution < -0.4 is 9.47 Å². The van der Waals surface area contributed by atoms with Crippen molar-refractivity contribution in [1.29, 1.82) is 0 Å². The fourth-order valence-electron chi connectivity index (χ4n) is 1.05. The molecule has 1 rings (SSSR count). The van der Waals surface area contributed by atoms with Gasteiger partial charge >= 0.3 is 0 Å². The molecule has 0 spiro atoms. The van der Waals surface area contributed by atoms with Crippen LogP contribution in [0.5, 0.6) is 11.5 Å². The number of rotatable bonds is 4. The lowest BCUT2D eigenvalue weighted by molar-refractivity contribution is 0.215. The molecule has 4 nitrogen and oxygen atoms in total. The van der Waals surface area contributed by atoms with Gasteiger partial charge in [0.15, 0.2) is 11.5 Å². The topological polar surface area (TPSA) is 40.0 Å². The Bertz CT molecular complexity index is 323. The summed E-state index contributed by atoms with van der Waals surface area (Å²) in [6, 6.07) is 5.50. The quantitative estimate of drug-likeness (QED) is 0.542. The van der Waals surface area contributed by atoms with Crippen LogP contribution in [-0.2, 0) is 4.84 Å². The Kier molecular flexibility index (Phi) is 3.79. The third-order valence-corrected chi connectivity index (χ3v) is 1.71. The molecule has 0 aliphatic heterocycles. The second-order valence-electron chi connectivity index (χ2n) is 2.53. The highest BCUT2D eigenvalue weighted by atomic mass is 16.6.